The second-order valence-corrected chi connectivity index (χ2v) is 5.62. The maximum Gasteiger partial charge on any atom is 0.0601 e. The Morgan fingerprint density at radius 1 is 1.31 bits per heavy atom. The average Bonchev–Trinajstić information content (AvgIpc) is 2.20. The summed E-state index contributed by atoms with van der Waals surface area (Å²) in [5.41, 5.74) is 0.192. The molecular weight excluding hydrogens is 196 g/mol. The molecule has 0 radical (unpaired) electrons. The molecule has 2 unspecified atom stereocenters. The lowest BCUT2D eigenvalue weighted by molar-refractivity contribution is 0.181. The van der Waals surface area contributed by atoms with Crippen LogP contribution in [0.25, 0.3) is 0 Å². The van der Waals surface area contributed by atoms with Crippen LogP contribution >= 0.6 is 0 Å². The van der Waals surface area contributed by atoms with E-state index >= 15 is 0 Å². The molecule has 0 aromatic heterocycles. The topological polar surface area (TPSA) is 15.3 Å². The smallest absolute Gasteiger partial charge is 0.0601 e. The fourth-order valence-electron chi connectivity index (χ4n) is 1.66. The van der Waals surface area contributed by atoms with Gasteiger partial charge in [-0.2, -0.15) is 0 Å². The molecule has 0 aromatic carbocycles. The summed E-state index contributed by atoms with van der Waals surface area (Å²) in [6, 6.07) is 0.524. The summed E-state index contributed by atoms with van der Waals surface area (Å²) in [7, 11) is 0. The molecule has 2 atom stereocenters. The van der Waals surface area contributed by atoms with Crippen molar-refractivity contribution in [3.05, 3.63) is 0 Å². The van der Waals surface area contributed by atoms with E-state index in [0.29, 0.717) is 12.0 Å². The molecule has 0 amide bonds. The highest BCUT2D eigenvalue weighted by atomic mass is 15.1. The Labute approximate surface area is 102 Å². The third-order valence-electron chi connectivity index (χ3n) is 3.05. The number of hydrogen-bond donors (Lipinski definition) is 1. The lowest BCUT2D eigenvalue weighted by Crippen LogP contribution is -2.45. The van der Waals surface area contributed by atoms with Crippen LogP contribution in [0.2, 0.25) is 0 Å². The van der Waals surface area contributed by atoms with Crippen LogP contribution in [0, 0.1) is 18.3 Å². The van der Waals surface area contributed by atoms with E-state index in [4.69, 9.17) is 6.42 Å². The van der Waals surface area contributed by atoms with Crippen LogP contribution < -0.4 is 5.32 Å². The van der Waals surface area contributed by atoms with E-state index in [9.17, 15) is 0 Å². The fraction of sp³-hybridized carbons (Fsp3) is 0.857. The molecule has 0 aromatic rings. The molecule has 2 nitrogen and oxygen atoms in total. The van der Waals surface area contributed by atoms with Crippen molar-refractivity contribution < 1.29 is 0 Å². The second-order valence-electron chi connectivity index (χ2n) is 5.62. The molecule has 0 heterocycles. The summed E-state index contributed by atoms with van der Waals surface area (Å²) in [5, 5.41) is 3.55. The first-order valence-electron chi connectivity index (χ1n) is 6.24. The zero-order chi connectivity index (χ0) is 12.8. The predicted octanol–water partition coefficient (Wildman–Crippen LogP) is 2.35. The van der Waals surface area contributed by atoms with Crippen LogP contribution in [-0.2, 0) is 0 Å². The van der Waals surface area contributed by atoms with Gasteiger partial charge in [-0.05, 0) is 46.7 Å². The lowest BCUT2D eigenvalue weighted by atomic mass is 10.00. The van der Waals surface area contributed by atoms with Crippen molar-refractivity contribution in [1.82, 2.24) is 10.2 Å². The highest BCUT2D eigenvalue weighted by Gasteiger charge is 2.19. The predicted molar refractivity (Wildman–Crippen MR) is 72.5 cm³/mol. The first-order chi connectivity index (χ1) is 7.31. The van der Waals surface area contributed by atoms with Gasteiger partial charge in [0.2, 0.25) is 0 Å². The number of nitrogens with one attached hydrogen (secondary N) is 1. The van der Waals surface area contributed by atoms with E-state index < -0.39 is 0 Å². The first kappa shape index (κ1) is 15.5. The second kappa shape index (κ2) is 6.93. The Morgan fingerprint density at radius 2 is 1.88 bits per heavy atom. The number of hydrogen-bond acceptors (Lipinski definition) is 2. The van der Waals surface area contributed by atoms with E-state index in [1.54, 1.807) is 0 Å². The highest BCUT2D eigenvalue weighted by molar-refractivity contribution is 4.90. The Morgan fingerprint density at radius 3 is 2.25 bits per heavy atom. The van der Waals surface area contributed by atoms with Gasteiger partial charge in [-0.1, -0.05) is 19.8 Å². The zero-order valence-corrected chi connectivity index (χ0v) is 11.8. The zero-order valence-electron chi connectivity index (χ0n) is 11.8. The largest absolute Gasteiger partial charge is 0.312 e. The summed E-state index contributed by atoms with van der Waals surface area (Å²) in [5.74, 6) is 3.34. The van der Waals surface area contributed by atoms with Gasteiger partial charge in [0.05, 0.1) is 6.54 Å². The Bertz CT molecular complexity index is 222. The van der Waals surface area contributed by atoms with Crippen molar-refractivity contribution >= 4 is 0 Å². The molecule has 16 heavy (non-hydrogen) atoms. The van der Waals surface area contributed by atoms with Crippen molar-refractivity contribution in [3.63, 3.8) is 0 Å². The minimum Gasteiger partial charge on any atom is -0.312 e. The Hall–Kier alpha value is -0.520. The van der Waals surface area contributed by atoms with E-state index in [-0.39, 0.29) is 5.54 Å². The average molecular weight is 224 g/mol. The van der Waals surface area contributed by atoms with Crippen molar-refractivity contribution in [2.75, 3.05) is 19.6 Å². The lowest BCUT2D eigenvalue weighted by Gasteiger charge is -2.33. The van der Waals surface area contributed by atoms with Crippen LogP contribution in [0.4, 0.5) is 0 Å². The molecule has 2 heteroatoms. The molecule has 0 bridgehead atoms. The molecule has 0 saturated heterocycles. The van der Waals surface area contributed by atoms with E-state index in [0.717, 1.165) is 19.6 Å². The van der Waals surface area contributed by atoms with E-state index in [1.807, 2.05) is 0 Å². The summed E-state index contributed by atoms with van der Waals surface area (Å²) >= 11 is 0. The van der Waals surface area contributed by atoms with Crippen LogP contribution in [0.5, 0.6) is 0 Å². The maximum atomic E-state index is 5.38. The number of rotatable bonds is 6. The normalized spacial score (nSPS) is 15.9. The van der Waals surface area contributed by atoms with Crippen LogP contribution in [-0.4, -0.2) is 36.1 Å². The molecule has 0 spiro atoms. The standard InChI is InChI=1S/C14H28N2/c1-8-10-16(9-2)13(4)12(3)11-15-14(5,6)7/h1,12-13,15H,9-11H2,2-7H3. The van der Waals surface area contributed by atoms with E-state index in [2.05, 4.69) is 57.7 Å². The molecule has 94 valence electrons. The molecule has 0 rings (SSSR count). The molecular formula is C14H28N2. The Kier molecular flexibility index (Phi) is 6.71. The Balaban J connectivity index is 4.16. The van der Waals surface area contributed by atoms with Gasteiger partial charge in [0.25, 0.3) is 0 Å². The summed E-state index contributed by atoms with van der Waals surface area (Å²) < 4.78 is 0. The minimum atomic E-state index is 0.192. The quantitative estimate of drug-likeness (QED) is 0.697. The summed E-state index contributed by atoms with van der Waals surface area (Å²) in [6.07, 6.45) is 5.38. The SMILES string of the molecule is C#CCN(CC)C(C)C(C)CNC(C)(C)C. The van der Waals surface area contributed by atoms with Crippen LogP contribution in [0.15, 0.2) is 0 Å². The van der Waals surface area contributed by atoms with Crippen molar-refractivity contribution in [3.8, 4) is 12.3 Å². The summed E-state index contributed by atoms with van der Waals surface area (Å²) in [6.45, 7) is 16.1. The minimum absolute atomic E-state index is 0.192. The monoisotopic (exact) mass is 224 g/mol. The van der Waals surface area contributed by atoms with Gasteiger partial charge < -0.3 is 5.32 Å². The molecule has 0 saturated carbocycles. The first-order valence-corrected chi connectivity index (χ1v) is 6.24. The van der Waals surface area contributed by atoms with Gasteiger partial charge >= 0.3 is 0 Å². The molecule has 0 aliphatic rings. The van der Waals surface area contributed by atoms with Gasteiger partial charge in [-0.15, -0.1) is 6.42 Å². The van der Waals surface area contributed by atoms with Crippen molar-refractivity contribution in [2.45, 2.75) is 53.1 Å². The highest BCUT2D eigenvalue weighted by Crippen LogP contribution is 2.11. The molecule has 0 fully saturated rings. The van der Waals surface area contributed by atoms with Gasteiger partial charge in [-0.25, -0.2) is 0 Å². The molecule has 0 aliphatic heterocycles. The van der Waals surface area contributed by atoms with Gasteiger partial charge in [0.1, 0.15) is 0 Å². The maximum absolute atomic E-state index is 5.38. The van der Waals surface area contributed by atoms with Crippen molar-refractivity contribution in [1.29, 1.82) is 0 Å². The number of terminal acetylenes is 1. The van der Waals surface area contributed by atoms with E-state index in [1.165, 1.54) is 0 Å². The van der Waals surface area contributed by atoms with Crippen molar-refractivity contribution in [2.24, 2.45) is 5.92 Å². The third kappa shape index (κ3) is 6.15. The van der Waals surface area contributed by atoms with Crippen LogP contribution in [0.3, 0.4) is 0 Å². The van der Waals surface area contributed by atoms with Gasteiger partial charge in [0, 0.05) is 11.6 Å². The van der Waals surface area contributed by atoms with Crippen LogP contribution in [0.1, 0.15) is 41.5 Å². The summed E-state index contributed by atoms with van der Waals surface area (Å²) in [4.78, 5) is 2.34. The fourth-order valence-corrected chi connectivity index (χ4v) is 1.66. The number of nitrogens with zero attached hydrogens (tertiary/aromatic N) is 1. The third-order valence-corrected chi connectivity index (χ3v) is 3.05. The van der Waals surface area contributed by atoms with Gasteiger partial charge in [-0.3, -0.25) is 4.90 Å². The van der Waals surface area contributed by atoms with Gasteiger partial charge in [0.15, 0.2) is 0 Å². The molecule has 0 aliphatic carbocycles. The molecule has 1 N–H and O–H groups in total.